The summed E-state index contributed by atoms with van der Waals surface area (Å²) in [6, 6.07) is 4.36. The molecule has 1 aromatic carbocycles. The summed E-state index contributed by atoms with van der Waals surface area (Å²) in [6.45, 7) is 0. The summed E-state index contributed by atoms with van der Waals surface area (Å²) in [5.74, 6) is 1.45. The van der Waals surface area contributed by atoms with Crippen molar-refractivity contribution in [2.24, 2.45) is 0 Å². The number of ether oxygens (including phenoxy) is 2. The Balaban J connectivity index is 2.19. The van der Waals surface area contributed by atoms with Crippen LogP contribution in [0.25, 0.3) is 11.0 Å². The molecule has 0 spiro atoms. The topological polar surface area (TPSA) is 39.2 Å². The number of rotatable bonds is 3. The number of aromatic amines is 1. The lowest BCUT2D eigenvalue weighted by molar-refractivity contribution is 0.355. The third-order valence-electron chi connectivity index (χ3n) is 3.83. The van der Waals surface area contributed by atoms with Crippen molar-refractivity contribution >= 4 is 23.3 Å². The minimum absolute atomic E-state index is 0.416. The van der Waals surface area contributed by atoms with Gasteiger partial charge in [0.05, 0.1) is 25.3 Å². The molecule has 1 unspecified atom stereocenters. The van der Waals surface area contributed by atoms with E-state index in [2.05, 4.69) is 21.7 Å². The van der Waals surface area contributed by atoms with Crippen LogP contribution >= 0.6 is 12.2 Å². The van der Waals surface area contributed by atoms with E-state index in [4.69, 9.17) is 21.7 Å². The number of hydrogen-bond donors (Lipinski definition) is 1. The van der Waals surface area contributed by atoms with Gasteiger partial charge in [0.2, 0.25) is 0 Å². The number of H-pyrrole nitrogens is 1. The molecule has 20 heavy (non-hydrogen) atoms. The number of nitrogens with one attached hydrogen (secondary N) is 1. The van der Waals surface area contributed by atoms with E-state index in [1.807, 2.05) is 12.1 Å². The van der Waals surface area contributed by atoms with Crippen molar-refractivity contribution in [2.75, 3.05) is 14.2 Å². The summed E-state index contributed by atoms with van der Waals surface area (Å²) in [5.41, 5.74) is 2.06. The van der Waals surface area contributed by atoms with Gasteiger partial charge in [-0.1, -0.05) is 12.2 Å². The second-order valence-corrected chi connectivity index (χ2v) is 5.35. The predicted molar refractivity (Wildman–Crippen MR) is 82.3 cm³/mol. The average Bonchev–Trinajstić information content (AvgIpc) is 2.81. The van der Waals surface area contributed by atoms with E-state index >= 15 is 0 Å². The lowest BCUT2D eigenvalue weighted by atomic mass is 10.0. The van der Waals surface area contributed by atoms with Gasteiger partial charge in [-0.05, 0) is 31.5 Å². The van der Waals surface area contributed by atoms with Crippen LogP contribution in [0, 0.1) is 4.77 Å². The molecule has 0 amide bonds. The van der Waals surface area contributed by atoms with Crippen LogP contribution < -0.4 is 9.47 Å². The molecule has 1 aromatic heterocycles. The zero-order chi connectivity index (χ0) is 14.1. The number of imidazole rings is 1. The van der Waals surface area contributed by atoms with E-state index in [1.165, 1.54) is 0 Å². The summed E-state index contributed by atoms with van der Waals surface area (Å²) in [6.07, 6.45) is 7.71. The van der Waals surface area contributed by atoms with Gasteiger partial charge in [-0.3, -0.25) is 0 Å². The van der Waals surface area contributed by atoms with Gasteiger partial charge < -0.3 is 19.0 Å². The largest absolute Gasteiger partial charge is 0.493 e. The molecule has 4 nitrogen and oxygen atoms in total. The highest BCUT2D eigenvalue weighted by molar-refractivity contribution is 7.71. The van der Waals surface area contributed by atoms with Crippen molar-refractivity contribution < 1.29 is 9.47 Å². The number of nitrogens with zero attached hydrogens (tertiary/aromatic N) is 1. The minimum atomic E-state index is 0.416. The van der Waals surface area contributed by atoms with Gasteiger partial charge in [0.25, 0.3) is 0 Å². The van der Waals surface area contributed by atoms with E-state index in [9.17, 15) is 0 Å². The number of fused-ring (bicyclic) bond motifs is 1. The Bertz CT molecular complexity index is 714. The van der Waals surface area contributed by atoms with Gasteiger partial charge in [-0.25, -0.2) is 0 Å². The van der Waals surface area contributed by atoms with E-state index in [1.54, 1.807) is 14.2 Å². The molecule has 0 saturated heterocycles. The van der Waals surface area contributed by atoms with E-state index in [0.717, 1.165) is 40.8 Å². The maximum Gasteiger partial charge on any atom is 0.178 e. The van der Waals surface area contributed by atoms with Crippen LogP contribution in [0.5, 0.6) is 11.5 Å². The average molecular weight is 290 g/mol. The van der Waals surface area contributed by atoms with Gasteiger partial charge in [0.15, 0.2) is 16.3 Å². The Morgan fingerprint density at radius 1 is 1.20 bits per heavy atom. The van der Waals surface area contributed by atoms with Gasteiger partial charge in [-0.2, -0.15) is 0 Å². The first kappa shape index (κ1) is 13.2. The molecule has 1 heterocycles. The summed E-state index contributed by atoms with van der Waals surface area (Å²) in [5, 5.41) is 0. The van der Waals surface area contributed by atoms with Gasteiger partial charge >= 0.3 is 0 Å². The van der Waals surface area contributed by atoms with Crippen LogP contribution in [0.4, 0.5) is 0 Å². The number of aromatic nitrogens is 2. The molecule has 3 rings (SSSR count). The van der Waals surface area contributed by atoms with Gasteiger partial charge in [-0.15, -0.1) is 0 Å². The maximum atomic E-state index is 5.49. The fourth-order valence-corrected chi connectivity index (χ4v) is 3.18. The first-order valence-corrected chi connectivity index (χ1v) is 7.16. The molecule has 1 aliphatic carbocycles. The van der Waals surface area contributed by atoms with Crippen LogP contribution in [0.3, 0.4) is 0 Å². The Labute approximate surface area is 123 Å². The fourth-order valence-electron chi connectivity index (χ4n) is 2.83. The lowest BCUT2D eigenvalue weighted by Gasteiger charge is -2.20. The molecule has 0 saturated carbocycles. The monoisotopic (exact) mass is 290 g/mol. The zero-order valence-corrected chi connectivity index (χ0v) is 12.5. The lowest BCUT2D eigenvalue weighted by Crippen LogP contribution is -2.10. The third kappa shape index (κ3) is 2.12. The van der Waals surface area contributed by atoms with Crippen molar-refractivity contribution in [3.8, 4) is 11.5 Å². The number of benzene rings is 1. The Kier molecular flexibility index (Phi) is 3.53. The highest BCUT2D eigenvalue weighted by atomic mass is 32.1. The fraction of sp³-hybridized carbons (Fsp3) is 0.400. The normalized spacial score (nSPS) is 18.4. The third-order valence-corrected chi connectivity index (χ3v) is 4.13. The van der Waals surface area contributed by atoms with E-state index < -0.39 is 0 Å². The SMILES string of the molecule is COc1cc2[nH]c(=S)n(C3CC=CCC3)c2cc1OC. The van der Waals surface area contributed by atoms with Crippen molar-refractivity contribution in [3.05, 3.63) is 29.1 Å². The Morgan fingerprint density at radius 3 is 2.60 bits per heavy atom. The smallest absolute Gasteiger partial charge is 0.178 e. The summed E-state index contributed by atoms with van der Waals surface area (Å²) in [4.78, 5) is 3.27. The second kappa shape index (κ2) is 5.32. The maximum absolute atomic E-state index is 5.49. The van der Waals surface area contributed by atoms with Crippen molar-refractivity contribution in [3.63, 3.8) is 0 Å². The molecule has 2 aromatic rings. The van der Waals surface area contributed by atoms with Crippen molar-refractivity contribution in [1.29, 1.82) is 0 Å². The number of allylic oxidation sites excluding steroid dienone is 2. The summed E-state index contributed by atoms with van der Waals surface area (Å²) < 4.78 is 13.7. The molecule has 5 heteroatoms. The van der Waals surface area contributed by atoms with Crippen LogP contribution in [-0.2, 0) is 0 Å². The molecule has 1 aliphatic rings. The summed E-state index contributed by atoms with van der Waals surface area (Å²) >= 11 is 5.49. The Morgan fingerprint density at radius 2 is 1.95 bits per heavy atom. The van der Waals surface area contributed by atoms with E-state index in [-0.39, 0.29) is 0 Å². The van der Waals surface area contributed by atoms with Crippen LogP contribution in [-0.4, -0.2) is 23.8 Å². The second-order valence-electron chi connectivity index (χ2n) is 4.96. The van der Waals surface area contributed by atoms with Crippen LogP contribution in [0.15, 0.2) is 24.3 Å². The highest BCUT2D eigenvalue weighted by Crippen LogP contribution is 2.35. The first-order chi connectivity index (χ1) is 9.74. The zero-order valence-electron chi connectivity index (χ0n) is 11.7. The van der Waals surface area contributed by atoms with Crippen molar-refractivity contribution in [1.82, 2.24) is 9.55 Å². The molecule has 1 N–H and O–H groups in total. The molecule has 1 atom stereocenters. The van der Waals surface area contributed by atoms with E-state index in [0.29, 0.717) is 11.8 Å². The molecular formula is C15H18N2O2S. The van der Waals surface area contributed by atoms with Crippen LogP contribution in [0.1, 0.15) is 25.3 Å². The molecule has 0 radical (unpaired) electrons. The van der Waals surface area contributed by atoms with Gasteiger partial charge in [0.1, 0.15) is 0 Å². The quantitative estimate of drug-likeness (QED) is 0.686. The number of methoxy groups -OCH3 is 2. The molecule has 0 fully saturated rings. The van der Waals surface area contributed by atoms with Gasteiger partial charge in [0, 0.05) is 18.2 Å². The molecule has 106 valence electrons. The van der Waals surface area contributed by atoms with Crippen molar-refractivity contribution in [2.45, 2.75) is 25.3 Å². The molecule has 0 aliphatic heterocycles. The minimum Gasteiger partial charge on any atom is -0.493 e. The first-order valence-electron chi connectivity index (χ1n) is 6.76. The Hall–Kier alpha value is -1.75. The molecular weight excluding hydrogens is 272 g/mol. The standard InChI is InChI=1S/C15H18N2O2S/c1-18-13-8-11-12(9-14(13)19-2)17(15(20)16-11)10-6-4-3-5-7-10/h3-4,8-10H,5-7H2,1-2H3,(H,16,20). The predicted octanol–water partition coefficient (Wildman–Crippen LogP) is 4.00. The van der Waals surface area contributed by atoms with Crippen LogP contribution in [0.2, 0.25) is 0 Å². The number of hydrogen-bond acceptors (Lipinski definition) is 3. The highest BCUT2D eigenvalue weighted by Gasteiger charge is 2.18. The summed E-state index contributed by atoms with van der Waals surface area (Å²) in [7, 11) is 3.29. The molecule has 0 bridgehead atoms.